The Bertz CT molecular complexity index is 579. The van der Waals surface area contributed by atoms with Crippen LogP contribution in [0.4, 0.5) is 11.8 Å². The van der Waals surface area contributed by atoms with Crippen LogP contribution in [-0.4, -0.2) is 22.6 Å². The van der Waals surface area contributed by atoms with E-state index in [0.29, 0.717) is 5.95 Å². The summed E-state index contributed by atoms with van der Waals surface area (Å²) >= 11 is 0. The zero-order chi connectivity index (χ0) is 15.3. The van der Waals surface area contributed by atoms with Crippen molar-refractivity contribution in [3.63, 3.8) is 0 Å². The van der Waals surface area contributed by atoms with Gasteiger partial charge in [-0.05, 0) is 39.2 Å². The lowest BCUT2D eigenvalue weighted by atomic mass is 9.95. The highest BCUT2D eigenvalue weighted by Gasteiger charge is 2.19. The van der Waals surface area contributed by atoms with Gasteiger partial charge in [0.05, 0.1) is 0 Å². The Balaban J connectivity index is 2.03. The molecule has 2 rings (SSSR count). The van der Waals surface area contributed by atoms with E-state index in [-0.39, 0.29) is 5.54 Å². The van der Waals surface area contributed by atoms with Gasteiger partial charge in [-0.1, -0.05) is 30.3 Å². The number of aryl methyl sites for hydroxylation is 2. The molecule has 112 valence electrons. The number of nitrogens with one attached hydrogen (secondary N) is 2. The van der Waals surface area contributed by atoms with E-state index < -0.39 is 0 Å². The molecule has 0 aliphatic rings. The fourth-order valence-corrected chi connectivity index (χ4v) is 2.17. The lowest BCUT2D eigenvalue weighted by Gasteiger charge is -2.28. The molecule has 2 aromatic rings. The first-order chi connectivity index (χ1) is 10.00. The highest BCUT2D eigenvalue weighted by atomic mass is 15.1. The summed E-state index contributed by atoms with van der Waals surface area (Å²) in [5.41, 5.74) is 2.39. The van der Waals surface area contributed by atoms with Crippen LogP contribution in [-0.2, 0) is 6.42 Å². The normalized spacial score (nSPS) is 11.2. The van der Waals surface area contributed by atoms with Crippen LogP contribution in [0.2, 0.25) is 0 Å². The summed E-state index contributed by atoms with van der Waals surface area (Å²) in [6, 6.07) is 10.6. The van der Waals surface area contributed by atoms with Crippen molar-refractivity contribution in [1.29, 1.82) is 0 Å². The van der Waals surface area contributed by atoms with Crippen molar-refractivity contribution in [3.8, 4) is 0 Å². The summed E-state index contributed by atoms with van der Waals surface area (Å²) in [5.74, 6) is 1.54. The van der Waals surface area contributed by atoms with Gasteiger partial charge >= 0.3 is 0 Å². The van der Waals surface area contributed by atoms with Crippen LogP contribution in [0.25, 0.3) is 0 Å². The second-order valence-electron chi connectivity index (χ2n) is 5.97. The molecule has 0 saturated carbocycles. The lowest BCUT2D eigenvalue weighted by molar-refractivity contribution is 0.516. The molecule has 1 heterocycles. The third kappa shape index (κ3) is 4.45. The van der Waals surface area contributed by atoms with E-state index in [1.54, 1.807) is 0 Å². The van der Waals surface area contributed by atoms with E-state index >= 15 is 0 Å². The predicted molar refractivity (Wildman–Crippen MR) is 88.8 cm³/mol. The van der Waals surface area contributed by atoms with Gasteiger partial charge in [0.15, 0.2) is 0 Å². The minimum atomic E-state index is -0.0278. The fourth-order valence-electron chi connectivity index (χ4n) is 2.17. The number of benzene rings is 1. The molecule has 0 radical (unpaired) electrons. The highest BCUT2D eigenvalue weighted by Crippen LogP contribution is 2.22. The molecule has 4 nitrogen and oxygen atoms in total. The number of aromatic nitrogens is 2. The molecule has 4 heteroatoms. The SMILES string of the molecule is CNc1ncc(C)c(NC(C)(C)CCc2ccccc2)n1. The first kappa shape index (κ1) is 15.3. The Kier molecular flexibility index (Phi) is 4.78. The van der Waals surface area contributed by atoms with E-state index in [9.17, 15) is 0 Å². The summed E-state index contributed by atoms with van der Waals surface area (Å²) in [6.45, 7) is 6.43. The summed E-state index contributed by atoms with van der Waals surface area (Å²) in [7, 11) is 1.83. The average molecular weight is 284 g/mol. The van der Waals surface area contributed by atoms with Crippen LogP contribution in [0.1, 0.15) is 31.4 Å². The van der Waals surface area contributed by atoms with Crippen LogP contribution >= 0.6 is 0 Å². The van der Waals surface area contributed by atoms with Gasteiger partial charge < -0.3 is 10.6 Å². The number of rotatable bonds is 6. The monoisotopic (exact) mass is 284 g/mol. The van der Waals surface area contributed by atoms with Gasteiger partial charge in [-0.25, -0.2) is 4.98 Å². The third-order valence-corrected chi connectivity index (χ3v) is 3.53. The summed E-state index contributed by atoms with van der Waals surface area (Å²) in [5, 5.41) is 6.52. The van der Waals surface area contributed by atoms with Crippen molar-refractivity contribution in [2.45, 2.75) is 39.2 Å². The Hall–Kier alpha value is -2.10. The smallest absolute Gasteiger partial charge is 0.224 e. The second-order valence-corrected chi connectivity index (χ2v) is 5.97. The van der Waals surface area contributed by atoms with Gasteiger partial charge in [-0.2, -0.15) is 4.98 Å². The van der Waals surface area contributed by atoms with Crippen LogP contribution in [0.5, 0.6) is 0 Å². The zero-order valence-electron chi connectivity index (χ0n) is 13.3. The molecule has 0 bridgehead atoms. The third-order valence-electron chi connectivity index (χ3n) is 3.53. The van der Waals surface area contributed by atoms with Crippen molar-refractivity contribution in [2.75, 3.05) is 17.7 Å². The second kappa shape index (κ2) is 6.57. The quantitative estimate of drug-likeness (QED) is 0.850. The Labute approximate surface area is 127 Å². The van der Waals surface area contributed by atoms with E-state index in [2.05, 4.69) is 64.8 Å². The molecule has 0 atom stereocenters. The summed E-state index contributed by atoms with van der Waals surface area (Å²) < 4.78 is 0. The van der Waals surface area contributed by atoms with E-state index in [1.165, 1.54) is 5.56 Å². The van der Waals surface area contributed by atoms with Crippen LogP contribution < -0.4 is 10.6 Å². The molecule has 0 fully saturated rings. The van der Waals surface area contributed by atoms with Crippen molar-refractivity contribution in [3.05, 3.63) is 47.7 Å². The number of hydrogen-bond donors (Lipinski definition) is 2. The minimum absolute atomic E-state index is 0.0278. The Morgan fingerprint density at radius 3 is 2.52 bits per heavy atom. The zero-order valence-corrected chi connectivity index (χ0v) is 13.3. The molecule has 0 unspecified atom stereocenters. The molecule has 0 saturated heterocycles. The van der Waals surface area contributed by atoms with Gasteiger partial charge in [0.1, 0.15) is 5.82 Å². The molecule has 0 amide bonds. The minimum Gasteiger partial charge on any atom is -0.365 e. The molecule has 2 N–H and O–H groups in total. The molecule has 21 heavy (non-hydrogen) atoms. The van der Waals surface area contributed by atoms with Crippen LogP contribution in [0.3, 0.4) is 0 Å². The van der Waals surface area contributed by atoms with Crippen molar-refractivity contribution >= 4 is 11.8 Å². The maximum atomic E-state index is 4.50. The van der Waals surface area contributed by atoms with Gasteiger partial charge in [-0.15, -0.1) is 0 Å². The standard InChI is InChI=1S/C17H24N4/c1-13-12-19-16(18-4)20-15(13)21-17(2,3)11-10-14-8-6-5-7-9-14/h5-9,12H,10-11H2,1-4H3,(H2,18,19,20,21). The predicted octanol–water partition coefficient (Wildman–Crippen LogP) is 3.65. The van der Waals surface area contributed by atoms with Crippen molar-refractivity contribution in [2.24, 2.45) is 0 Å². The van der Waals surface area contributed by atoms with E-state index in [0.717, 1.165) is 24.2 Å². The molecular formula is C17H24N4. The fraction of sp³-hybridized carbons (Fsp3) is 0.412. The summed E-state index contributed by atoms with van der Waals surface area (Å²) in [4.78, 5) is 8.72. The molecule has 1 aromatic heterocycles. The first-order valence-corrected chi connectivity index (χ1v) is 7.34. The molecule has 0 spiro atoms. The Morgan fingerprint density at radius 1 is 1.14 bits per heavy atom. The molecule has 1 aromatic carbocycles. The average Bonchev–Trinajstić information content (AvgIpc) is 2.48. The summed E-state index contributed by atoms with van der Waals surface area (Å²) in [6.07, 6.45) is 3.92. The van der Waals surface area contributed by atoms with Crippen LogP contribution in [0, 0.1) is 6.92 Å². The van der Waals surface area contributed by atoms with Crippen molar-refractivity contribution in [1.82, 2.24) is 9.97 Å². The van der Waals surface area contributed by atoms with Gasteiger partial charge in [0.25, 0.3) is 0 Å². The number of hydrogen-bond acceptors (Lipinski definition) is 4. The topological polar surface area (TPSA) is 49.8 Å². The van der Waals surface area contributed by atoms with Gasteiger partial charge in [-0.3, -0.25) is 0 Å². The van der Waals surface area contributed by atoms with Gasteiger partial charge in [0, 0.05) is 24.3 Å². The first-order valence-electron chi connectivity index (χ1n) is 7.34. The van der Waals surface area contributed by atoms with Crippen LogP contribution in [0.15, 0.2) is 36.5 Å². The number of nitrogens with zero attached hydrogens (tertiary/aromatic N) is 2. The largest absolute Gasteiger partial charge is 0.365 e. The number of anilines is 2. The van der Waals surface area contributed by atoms with E-state index in [4.69, 9.17) is 0 Å². The van der Waals surface area contributed by atoms with E-state index in [1.807, 2.05) is 20.2 Å². The Morgan fingerprint density at radius 2 is 1.86 bits per heavy atom. The molecular weight excluding hydrogens is 260 g/mol. The maximum Gasteiger partial charge on any atom is 0.224 e. The van der Waals surface area contributed by atoms with Crippen molar-refractivity contribution < 1.29 is 0 Å². The lowest BCUT2D eigenvalue weighted by Crippen LogP contribution is -2.32. The molecule has 0 aliphatic carbocycles. The molecule has 0 aliphatic heterocycles. The maximum absolute atomic E-state index is 4.50. The highest BCUT2D eigenvalue weighted by molar-refractivity contribution is 5.47. The van der Waals surface area contributed by atoms with Gasteiger partial charge in [0.2, 0.25) is 5.95 Å².